The van der Waals surface area contributed by atoms with Crippen LogP contribution < -0.4 is 0 Å². The van der Waals surface area contributed by atoms with Gasteiger partial charge in [0.2, 0.25) is 0 Å². The van der Waals surface area contributed by atoms with E-state index in [4.69, 9.17) is 24.4 Å². The number of benzene rings is 8. The first kappa shape index (κ1) is 32.7. The lowest BCUT2D eigenvalue weighted by Gasteiger charge is -2.11. The molecule has 0 aliphatic rings. The van der Waals surface area contributed by atoms with Crippen LogP contribution in [-0.4, -0.2) is 19.9 Å². The van der Waals surface area contributed by atoms with Crippen molar-refractivity contribution in [2.45, 2.75) is 0 Å². The fourth-order valence-electron chi connectivity index (χ4n) is 7.89. The Kier molecular flexibility index (Phi) is 7.74. The molecule has 0 unspecified atom stereocenters. The molecule has 0 saturated heterocycles. The Labute approximate surface area is 328 Å². The number of aromatic nitrogens is 4. The lowest BCUT2D eigenvalue weighted by atomic mass is 9.97. The molecule has 0 radical (unpaired) electrons. The third-order valence-corrected chi connectivity index (χ3v) is 10.7. The summed E-state index contributed by atoms with van der Waals surface area (Å²) in [5, 5.41) is 5.54. The molecular weight excluding hydrogens is 697 g/mol. The molecule has 0 aliphatic heterocycles. The van der Waals surface area contributed by atoms with Crippen LogP contribution in [0.25, 0.3) is 111 Å². The van der Waals surface area contributed by atoms with Gasteiger partial charge < -0.3 is 4.42 Å². The Morgan fingerprint density at radius 1 is 0.316 bits per heavy atom. The quantitative estimate of drug-likeness (QED) is 0.160. The van der Waals surface area contributed by atoms with Crippen molar-refractivity contribution in [3.05, 3.63) is 194 Å². The van der Waals surface area contributed by atoms with Crippen LogP contribution in [0, 0.1) is 0 Å². The van der Waals surface area contributed by atoms with Gasteiger partial charge in [0.05, 0.1) is 5.52 Å². The third kappa shape index (κ3) is 5.81. The van der Waals surface area contributed by atoms with Gasteiger partial charge in [-0.25, -0.2) is 19.9 Å². The number of furan rings is 1. The summed E-state index contributed by atoms with van der Waals surface area (Å²) >= 11 is 0. The molecule has 8 aromatic carbocycles. The van der Waals surface area contributed by atoms with E-state index in [-0.39, 0.29) is 0 Å². The minimum atomic E-state index is 0.615. The minimum absolute atomic E-state index is 0.615. The average Bonchev–Trinajstić information content (AvgIpc) is 3.69. The maximum Gasteiger partial charge on any atom is 0.164 e. The van der Waals surface area contributed by atoms with E-state index in [1.807, 2.05) is 48.5 Å². The fourth-order valence-corrected chi connectivity index (χ4v) is 7.89. The van der Waals surface area contributed by atoms with Crippen LogP contribution in [0.1, 0.15) is 0 Å². The standard InChI is InChI=1S/C52H32N4O/c1-3-13-33(14-4-1)39-19-12-21-41(32-39)52-55-50(36-16-5-2-6-17-36)54-51(56-52)37-27-25-34(26-28-37)38-18-11-20-40(31-38)47-49-46(43-23-9-10-24-45(43)57-49)44-30-29-35-15-7-8-22-42(35)48(44)53-47/h1-32H. The maximum absolute atomic E-state index is 6.60. The molecule has 0 bridgehead atoms. The summed E-state index contributed by atoms with van der Waals surface area (Å²) in [5.74, 6) is 1.87. The van der Waals surface area contributed by atoms with Gasteiger partial charge in [-0.2, -0.15) is 0 Å². The summed E-state index contributed by atoms with van der Waals surface area (Å²) in [4.78, 5) is 20.4. The molecule has 266 valence electrons. The zero-order valence-corrected chi connectivity index (χ0v) is 30.7. The molecule has 57 heavy (non-hydrogen) atoms. The smallest absolute Gasteiger partial charge is 0.164 e. The minimum Gasteiger partial charge on any atom is -0.454 e. The molecule has 0 aliphatic carbocycles. The van der Waals surface area contributed by atoms with Gasteiger partial charge in [0, 0.05) is 43.8 Å². The number of rotatable bonds is 6. The molecule has 0 saturated carbocycles. The van der Waals surface area contributed by atoms with Gasteiger partial charge >= 0.3 is 0 Å². The number of hydrogen-bond acceptors (Lipinski definition) is 5. The van der Waals surface area contributed by atoms with E-state index in [0.717, 1.165) is 93.8 Å². The Morgan fingerprint density at radius 2 is 0.825 bits per heavy atom. The maximum atomic E-state index is 6.60. The molecule has 11 aromatic rings. The molecule has 0 atom stereocenters. The van der Waals surface area contributed by atoms with Crippen LogP contribution in [-0.2, 0) is 0 Å². The summed E-state index contributed by atoms with van der Waals surface area (Å²) in [6.07, 6.45) is 0. The number of pyridine rings is 1. The highest BCUT2D eigenvalue weighted by molar-refractivity contribution is 6.24. The lowest BCUT2D eigenvalue weighted by Crippen LogP contribution is -2.00. The van der Waals surface area contributed by atoms with Crippen molar-refractivity contribution in [3.8, 4) is 67.7 Å². The first-order chi connectivity index (χ1) is 28.2. The molecule has 0 N–H and O–H groups in total. The molecule has 5 heteroatoms. The lowest BCUT2D eigenvalue weighted by molar-refractivity contribution is 0.669. The molecular formula is C52H32N4O. The highest BCUT2D eigenvalue weighted by Gasteiger charge is 2.20. The second-order valence-corrected chi connectivity index (χ2v) is 14.2. The monoisotopic (exact) mass is 728 g/mol. The highest BCUT2D eigenvalue weighted by Crippen LogP contribution is 2.41. The predicted octanol–water partition coefficient (Wildman–Crippen LogP) is 13.5. The molecule has 3 aromatic heterocycles. The van der Waals surface area contributed by atoms with E-state index in [1.165, 1.54) is 0 Å². The van der Waals surface area contributed by atoms with E-state index in [0.29, 0.717) is 17.5 Å². The van der Waals surface area contributed by atoms with Crippen LogP contribution in [0.3, 0.4) is 0 Å². The van der Waals surface area contributed by atoms with Gasteiger partial charge in [0.15, 0.2) is 23.1 Å². The SMILES string of the molecule is c1ccc(-c2cccc(-c3nc(-c4ccccc4)nc(-c4ccc(-c5cccc(-c6nc7c8ccccc8ccc7c7c6oc6ccccc67)c5)cc4)n3)c2)cc1. The van der Waals surface area contributed by atoms with Gasteiger partial charge in [-0.1, -0.05) is 176 Å². The first-order valence-corrected chi connectivity index (χ1v) is 19.0. The third-order valence-electron chi connectivity index (χ3n) is 10.7. The summed E-state index contributed by atoms with van der Waals surface area (Å²) in [6.45, 7) is 0. The number of hydrogen-bond donors (Lipinski definition) is 0. The van der Waals surface area contributed by atoms with Gasteiger partial charge in [-0.15, -0.1) is 0 Å². The van der Waals surface area contributed by atoms with Crippen LogP contribution in [0.15, 0.2) is 199 Å². The Hall–Kier alpha value is -7.76. The summed E-state index contributed by atoms with van der Waals surface area (Å²) in [5.41, 5.74) is 11.6. The van der Waals surface area contributed by atoms with Crippen LogP contribution in [0.4, 0.5) is 0 Å². The van der Waals surface area contributed by atoms with Gasteiger partial charge in [-0.3, -0.25) is 0 Å². The zero-order chi connectivity index (χ0) is 37.7. The molecule has 5 nitrogen and oxygen atoms in total. The van der Waals surface area contributed by atoms with Crippen molar-refractivity contribution in [1.82, 2.24) is 19.9 Å². The van der Waals surface area contributed by atoms with Crippen LogP contribution >= 0.6 is 0 Å². The Morgan fingerprint density at radius 3 is 1.56 bits per heavy atom. The molecule has 0 amide bonds. The average molecular weight is 729 g/mol. The largest absolute Gasteiger partial charge is 0.454 e. The number of fused-ring (bicyclic) bond motifs is 7. The fraction of sp³-hybridized carbons (Fsp3) is 0. The summed E-state index contributed by atoms with van der Waals surface area (Å²) < 4.78 is 6.60. The van der Waals surface area contributed by atoms with E-state index in [2.05, 4.69) is 146 Å². The van der Waals surface area contributed by atoms with Crippen LogP contribution in [0.5, 0.6) is 0 Å². The molecule has 11 rings (SSSR count). The first-order valence-electron chi connectivity index (χ1n) is 19.0. The zero-order valence-electron chi connectivity index (χ0n) is 30.7. The van der Waals surface area contributed by atoms with Crippen molar-refractivity contribution in [3.63, 3.8) is 0 Å². The van der Waals surface area contributed by atoms with Crippen LogP contribution in [0.2, 0.25) is 0 Å². The second kappa shape index (κ2) is 13.5. The van der Waals surface area contributed by atoms with Gasteiger partial charge in [-0.05, 0) is 45.8 Å². The Balaban J connectivity index is 1.00. The predicted molar refractivity (Wildman–Crippen MR) is 233 cm³/mol. The normalized spacial score (nSPS) is 11.5. The summed E-state index contributed by atoms with van der Waals surface area (Å²) in [6, 6.07) is 66.9. The molecule has 0 fully saturated rings. The van der Waals surface area contributed by atoms with Crippen molar-refractivity contribution in [2.24, 2.45) is 0 Å². The van der Waals surface area contributed by atoms with Crippen molar-refractivity contribution < 1.29 is 4.42 Å². The van der Waals surface area contributed by atoms with E-state index >= 15 is 0 Å². The van der Waals surface area contributed by atoms with Crippen molar-refractivity contribution in [2.75, 3.05) is 0 Å². The van der Waals surface area contributed by atoms with Gasteiger partial charge in [0.1, 0.15) is 11.3 Å². The highest BCUT2D eigenvalue weighted by atomic mass is 16.3. The molecule has 0 spiro atoms. The van der Waals surface area contributed by atoms with Gasteiger partial charge in [0.25, 0.3) is 0 Å². The number of para-hydroxylation sites is 1. The topological polar surface area (TPSA) is 64.7 Å². The van der Waals surface area contributed by atoms with E-state index in [9.17, 15) is 0 Å². The Bertz CT molecular complexity index is 3280. The second-order valence-electron chi connectivity index (χ2n) is 14.2. The van der Waals surface area contributed by atoms with Crippen molar-refractivity contribution >= 4 is 43.6 Å². The molecule has 3 heterocycles. The summed E-state index contributed by atoms with van der Waals surface area (Å²) in [7, 11) is 0. The number of nitrogens with zero attached hydrogens (tertiary/aromatic N) is 4. The van der Waals surface area contributed by atoms with E-state index < -0.39 is 0 Å². The van der Waals surface area contributed by atoms with E-state index in [1.54, 1.807) is 0 Å². The van der Waals surface area contributed by atoms with Crippen molar-refractivity contribution in [1.29, 1.82) is 0 Å².